The number of aromatic nitrogens is 2. The predicted octanol–water partition coefficient (Wildman–Crippen LogP) is 3.93. The van der Waals surface area contributed by atoms with Crippen LogP contribution >= 0.6 is 0 Å². The molecule has 1 aromatic heterocycles. The van der Waals surface area contributed by atoms with Crippen LogP contribution in [0.3, 0.4) is 0 Å². The van der Waals surface area contributed by atoms with Crippen LogP contribution < -0.4 is 18.9 Å². The number of nitrogens with zero attached hydrogens (tertiary/aromatic N) is 2. The van der Waals surface area contributed by atoms with Crippen molar-refractivity contribution in [2.45, 2.75) is 0 Å². The molecule has 0 N–H and O–H groups in total. The van der Waals surface area contributed by atoms with Gasteiger partial charge in [-0.15, -0.1) is 0 Å². The number of hydrogen-bond acceptors (Lipinski definition) is 5. The molecule has 0 saturated carbocycles. The number of hydrogen-bond donors (Lipinski definition) is 0. The minimum absolute atomic E-state index is 0.190. The largest absolute Gasteiger partial charge is 0.494 e. The molecule has 6 nitrogen and oxygen atoms in total. The molecule has 0 atom stereocenters. The number of ether oxygens (including phenoxy) is 4. The van der Waals surface area contributed by atoms with E-state index in [0.717, 1.165) is 11.3 Å². The molecule has 0 spiro atoms. The Bertz CT molecular complexity index is 944. The highest BCUT2D eigenvalue weighted by molar-refractivity contribution is 5.81. The molecule has 0 unspecified atom stereocenters. The number of methoxy groups -OCH3 is 4. The van der Waals surface area contributed by atoms with E-state index in [1.807, 2.05) is 23.7 Å². The van der Waals surface area contributed by atoms with Gasteiger partial charge < -0.3 is 23.5 Å². The molecule has 0 amide bonds. The predicted molar refractivity (Wildman–Crippen MR) is 100 cm³/mol. The lowest BCUT2D eigenvalue weighted by Crippen LogP contribution is -1.97. The van der Waals surface area contributed by atoms with Gasteiger partial charge in [-0.25, -0.2) is 9.37 Å². The van der Waals surface area contributed by atoms with Crippen molar-refractivity contribution in [1.82, 2.24) is 9.55 Å². The molecule has 0 aliphatic heterocycles. The van der Waals surface area contributed by atoms with Crippen molar-refractivity contribution in [2.24, 2.45) is 7.05 Å². The van der Waals surface area contributed by atoms with Crippen LogP contribution in [0.15, 0.2) is 36.7 Å². The average Bonchev–Trinajstić information content (AvgIpc) is 3.08. The molecule has 0 aliphatic rings. The van der Waals surface area contributed by atoms with E-state index in [2.05, 4.69) is 4.98 Å². The number of rotatable bonds is 6. The first kappa shape index (κ1) is 18.6. The van der Waals surface area contributed by atoms with Crippen molar-refractivity contribution in [2.75, 3.05) is 28.4 Å². The van der Waals surface area contributed by atoms with E-state index in [1.54, 1.807) is 39.8 Å². The summed E-state index contributed by atoms with van der Waals surface area (Å²) in [5.41, 5.74) is 2.86. The van der Waals surface area contributed by atoms with Crippen molar-refractivity contribution in [3.05, 3.63) is 42.5 Å². The second-order valence-electron chi connectivity index (χ2n) is 5.82. The molecule has 27 heavy (non-hydrogen) atoms. The van der Waals surface area contributed by atoms with Gasteiger partial charge in [0.25, 0.3) is 0 Å². The summed E-state index contributed by atoms with van der Waals surface area (Å²) in [5.74, 6) is 1.28. The van der Waals surface area contributed by atoms with E-state index in [9.17, 15) is 4.39 Å². The first-order valence-electron chi connectivity index (χ1n) is 8.19. The molecule has 0 fully saturated rings. The monoisotopic (exact) mass is 372 g/mol. The molecule has 3 aromatic rings. The minimum atomic E-state index is -0.438. The fourth-order valence-corrected chi connectivity index (χ4v) is 3.01. The van der Waals surface area contributed by atoms with Crippen LogP contribution in [0.2, 0.25) is 0 Å². The Morgan fingerprint density at radius 3 is 1.96 bits per heavy atom. The molecular formula is C20H21FN2O4. The maximum Gasteiger partial charge on any atom is 0.203 e. The molecule has 7 heteroatoms. The van der Waals surface area contributed by atoms with Gasteiger partial charge in [-0.2, -0.15) is 0 Å². The third kappa shape index (κ3) is 3.28. The fourth-order valence-electron chi connectivity index (χ4n) is 3.01. The van der Waals surface area contributed by atoms with Crippen molar-refractivity contribution < 1.29 is 23.3 Å². The molecular weight excluding hydrogens is 351 g/mol. The Kier molecular flexibility index (Phi) is 5.21. The van der Waals surface area contributed by atoms with E-state index < -0.39 is 5.82 Å². The molecule has 3 rings (SSSR count). The summed E-state index contributed by atoms with van der Waals surface area (Å²) >= 11 is 0. The zero-order valence-electron chi connectivity index (χ0n) is 15.9. The van der Waals surface area contributed by atoms with Gasteiger partial charge in [0.2, 0.25) is 5.75 Å². The summed E-state index contributed by atoms with van der Waals surface area (Å²) < 4.78 is 37.3. The van der Waals surface area contributed by atoms with Crippen LogP contribution in [-0.2, 0) is 7.05 Å². The standard InChI is InChI=1S/C20H21FN2O4/c1-23-11-22-18(19(23)12-6-7-15(24-2)14(21)8-12)13-9-16(25-3)20(27-5)17(10-13)26-4/h6-11H,1-5H3. The van der Waals surface area contributed by atoms with Crippen molar-refractivity contribution in [3.8, 4) is 45.5 Å². The highest BCUT2D eigenvalue weighted by atomic mass is 19.1. The molecule has 0 aliphatic carbocycles. The van der Waals surface area contributed by atoms with E-state index in [1.165, 1.54) is 13.2 Å². The Labute approximate surface area is 157 Å². The van der Waals surface area contributed by atoms with Crippen LogP contribution in [0.25, 0.3) is 22.5 Å². The molecule has 0 saturated heterocycles. The van der Waals surface area contributed by atoms with Gasteiger partial charge >= 0.3 is 0 Å². The van der Waals surface area contributed by atoms with Gasteiger partial charge in [0.05, 0.1) is 46.2 Å². The van der Waals surface area contributed by atoms with Gasteiger partial charge in [-0.3, -0.25) is 0 Å². The number of halogens is 1. The smallest absolute Gasteiger partial charge is 0.203 e. The first-order valence-corrected chi connectivity index (χ1v) is 8.19. The third-order valence-corrected chi connectivity index (χ3v) is 4.30. The van der Waals surface area contributed by atoms with Crippen molar-refractivity contribution >= 4 is 0 Å². The van der Waals surface area contributed by atoms with Gasteiger partial charge in [-0.05, 0) is 30.3 Å². The zero-order chi connectivity index (χ0) is 19.6. The van der Waals surface area contributed by atoms with E-state index in [4.69, 9.17) is 18.9 Å². The van der Waals surface area contributed by atoms with Gasteiger partial charge in [0.1, 0.15) is 0 Å². The maximum absolute atomic E-state index is 14.2. The summed E-state index contributed by atoms with van der Waals surface area (Å²) in [6.07, 6.45) is 1.68. The normalized spacial score (nSPS) is 10.6. The van der Waals surface area contributed by atoms with Gasteiger partial charge in [-0.1, -0.05) is 0 Å². The van der Waals surface area contributed by atoms with Crippen LogP contribution in [0.5, 0.6) is 23.0 Å². The minimum Gasteiger partial charge on any atom is -0.494 e. The fraction of sp³-hybridized carbons (Fsp3) is 0.250. The molecule has 0 radical (unpaired) electrons. The molecule has 2 aromatic carbocycles. The summed E-state index contributed by atoms with van der Waals surface area (Å²) in [7, 11) is 7.94. The summed E-state index contributed by atoms with van der Waals surface area (Å²) in [5, 5.41) is 0. The lowest BCUT2D eigenvalue weighted by atomic mass is 10.0. The van der Waals surface area contributed by atoms with Gasteiger partial charge in [0, 0.05) is 18.2 Å². The summed E-state index contributed by atoms with van der Waals surface area (Å²) in [4.78, 5) is 4.50. The van der Waals surface area contributed by atoms with Crippen LogP contribution in [0, 0.1) is 5.82 Å². The Hall–Kier alpha value is -3.22. The summed E-state index contributed by atoms with van der Waals surface area (Å²) in [6, 6.07) is 8.44. The van der Waals surface area contributed by atoms with Crippen molar-refractivity contribution in [1.29, 1.82) is 0 Å². The number of imidazole rings is 1. The van der Waals surface area contributed by atoms with Crippen LogP contribution in [0.1, 0.15) is 0 Å². The van der Waals surface area contributed by atoms with E-state index in [-0.39, 0.29) is 5.75 Å². The highest BCUT2D eigenvalue weighted by Crippen LogP contribution is 2.43. The lowest BCUT2D eigenvalue weighted by molar-refractivity contribution is 0.324. The molecule has 0 bridgehead atoms. The maximum atomic E-state index is 14.2. The first-order chi connectivity index (χ1) is 13.0. The molecule has 142 valence electrons. The van der Waals surface area contributed by atoms with Crippen molar-refractivity contribution in [3.63, 3.8) is 0 Å². The Morgan fingerprint density at radius 1 is 0.815 bits per heavy atom. The second kappa shape index (κ2) is 7.57. The zero-order valence-corrected chi connectivity index (χ0v) is 15.9. The second-order valence-corrected chi connectivity index (χ2v) is 5.82. The van der Waals surface area contributed by atoms with Gasteiger partial charge in [0.15, 0.2) is 23.1 Å². The SMILES string of the molecule is COc1ccc(-c2c(-c3cc(OC)c(OC)c(OC)c3)ncn2C)cc1F. The van der Waals surface area contributed by atoms with Crippen LogP contribution in [-0.4, -0.2) is 38.0 Å². The average molecular weight is 372 g/mol. The van der Waals surface area contributed by atoms with Crippen LogP contribution in [0.4, 0.5) is 4.39 Å². The highest BCUT2D eigenvalue weighted by Gasteiger charge is 2.20. The quantitative estimate of drug-likeness (QED) is 0.656. The number of aryl methyl sites for hydroxylation is 1. The topological polar surface area (TPSA) is 54.7 Å². The molecule has 1 heterocycles. The Morgan fingerprint density at radius 2 is 1.44 bits per heavy atom. The third-order valence-electron chi connectivity index (χ3n) is 4.30. The number of benzene rings is 2. The summed E-state index contributed by atoms with van der Waals surface area (Å²) in [6.45, 7) is 0. The Balaban J connectivity index is 2.19. The van der Waals surface area contributed by atoms with E-state index in [0.29, 0.717) is 28.5 Å². The lowest BCUT2D eigenvalue weighted by Gasteiger charge is -2.14. The van der Waals surface area contributed by atoms with E-state index >= 15 is 0 Å².